The summed E-state index contributed by atoms with van der Waals surface area (Å²) in [4.78, 5) is 0. The van der Waals surface area contributed by atoms with Crippen LogP contribution >= 0.6 is 0 Å². The maximum atomic E-state index is 3.89. The van der Waals surface area contributed by atoms with Crippen molar-refractivity contribution in [3.8, 4) is 0 Å². The number of allylic oxidation sites excluding steroid dienone is 5. The van der Waals surface area contributed by atoms with Crippen LogP contribution in [0.3, 0.4) is 0 Å². The largest absolute Gasteiger partial charge is 0.103 e. The standard InChI is InChI=1S/C46H86/c1-5-9-13-17-20-23-25-26-27-28-30-33-37-41-45-46(42-38-34-16-12-8-4,43-39-35-31-22-19-15-11-7-3)44-40-36-32-29-24-21-18-14-10-6-2/h5-7,38,42H,1-3,8-37,39-41,43-45H2,4H3. The second-order valence-corrected chi connectivity index (χ2v) is 14.9. The van der Waals surface area contributed by atoms with Gasteiger partial charge in [-0.2, -0.15) is 0 Å². The van der Waals surface area contributed by atoms with Crippen LogP contribution in [-0.4, -0.2) is 0 Å². The summed E-state index contributed by atoms with van der Waals surface area (Å²) in [6.45, 7) is 13.9. The molecule has 0 heteroatoms. The first-order valence-electron chi connectivity index (χ1n) is 21.2. The smallest absolute Gasteiger partial charge is 0.0118 e. The minimum atomic E-state index is 0.464. The van der Waals surface area contributed by atoms with Crippen molar-refractivity contribution >= 4 is 0 Å². The SMILES string of the molecule is C=CCCCCCCCCCCCCCCC(C=CCCCCC)(CCCCCCCCC=C)CCCCCCCCCCC=C. The lowest BCUT2D eigenvalue weighted by molar-refractivity contribution is 0.263. The van der Waals surface area contributed by atoms with Gasteiger partial charge in [-0.1, -0.05) is 198 Å². The summed E-state index contributed by atoms with van der Waals surface area (Å²) in [5.41, 5.74) is 0.464. The molecule has 0 aliphatic heterocycles. The lowest BCUT2D eigenvalue weighted by Crippen LogP contribution is -2.19. The molecule has 0 nitrogen and oxygen atoms in total. The minimum Gasteiger partial charge on any atom is -0.103 e. The molecule has 0 aliphatic carbocycles. The average Bonchev–Trinajstić information content (AvgIpc) is 3.06. The summed E-state index contributed by atoms with van der Waals surface area (Å²) in [6, 6.07) is 0. The molecule has 1 atom stereocenters. The Labute approximate surface area is 292 Å². The molecule has 0 fully saturated rings. The van der Waals surface area contributed by atoms with Crippen LogP contribution in [0.5, 0.6) is 0 Å². The fourth-order valence-corrected chi connectivity index (χ4v) is 7.30. The Kier molecular flexibility index (Phi) is 37.5. The molecule has 46 heavy (non-hydrogen) atoms. The van der Waals surface area contributed by atoms with Crippen molar-refractivity contribution in [1.29, 1.82) is 0 Å². The van der Waals surface area contributed by atoms with E-state index in [1.54, 1.807) is 0 Å². The molecule has 0 saturated carbocycles. The molecule has 0 amide bonds. The van der Waals surface area contributed by atoms with Crippen molar-refractivity contribution < 1.29 is 0 Å². The van der Waals surface area contributed by atoms with Crippen LogP contribution < -0.4 is 0 Å². The predicted molar refractivity (Wildman–Crippen MR) is 214 cm³/mol. The van der Waals surface area contributed by atoms with Crippen LogP contribution in [0.15, 0.2) is 50.1 Å². The van der Waals surface area contributed by atoms with Gasteiger partial charge in [-0.3, -0.25) is 0 Å². The zero-order valence-electron chi connectivity index (χ0n) is 32.0. The molecular formula is C46H86. The van der Waals surface area contributed by atoms with E-state index >= 15 is 0 Å². The van der Waals surface area contributed by atoms with Crippen molar-refractivity contribution in [2.45, 2.75) is 238 Å². The Morgan fingerprint density at radius 1 is 0.326 bits per heavy atom. The van der Waals surface area contributed by atoms with Crippen molar-refractivity contribution in [2.24, 2.45) is 5.41 Å². The minimum absolute atomic E-state index is 0.464. The fraction of sp³-hybridized carbons (Fsp3) is 0.826. The van der Waals surface area contributed by atoms with Gasteiger partial charge in [0.25, 0.3) is 0 Å². The van der Waals surface area contributed by atoms with Gasteiger partial charge in [0.15, 0.2) is 0 Å². The van der Waals surface area contributed by atoms with Crippen LogP contribution in [0, 0.1) is 5.41 Å². The van der Waals surface area contributed by atoms with Crippen molar-refractivity contribution in [3.05, 3.63) is 50.1 Å². The summed E-state index contributed by atoms with van der Waals surface area (Å²) in [5, 5.41) is 0. The topological polar surface area (TPSA) is 0 Å². The first kappa shape index (κ1) is 45.0. The number of rotatable bonds is 40. The van der Waals surface area contributed by atoms with Crippen molar-refractivity contribution in [1.82, 2.24) is 0 Å². The Balaban J connectivity index is 4.71. The van der Waals surface area contributed by atoms with E-state index < -0.39 is 0 Å². The van der Waals surface area contributed by atoms with E-state index in [4.69, 9.17) is 0 Å². The molecule has 0 aliphatic rings. The molecule has 0 rings (SSSR count). The molecule has 0 spiro atoms. The van der Waals surface area contributed by atoms with Gasteiger partial charge in [0.2, 0.25) is 0 Å². The third kappa shape index (κ3) is 32.9. The molecule has 0 heterocycles. The molecule has 0 saturated heterocycles. The summed E-state index contributed by atoms with van der Waals surface area (Å²) in [7, 11) is 0. The van der Waals surface area contributed by atoms with Gasteiger partial charge in [0.05, 0.1) is 0 Å². The summed E-state index contributed by atoms with van der Waals surface area (Å²) in [5.74, 6) is 0. The maximum Gasteiger partial charge on any atom is -0.0118 e. The first-order valence-corrected chi connectivity index (χ1v) is 21.2. The Hall–Kier alpha value is -1.04. The highest BCUT2D eigenvalue weighted by molar-refractivity contribution is 5.00. The Morgan fingerprint density at radius 3 is 0.870 bits per heavy atom. The molecule has 0 N–H and O–H groups in total. The van der Waals surface area contributed by atoms with E-state index in [1.807, 2.05) is 0 Å². The van der Waals surface area contributed by atoms with Crippen LogP contribution in [0.2, 0.25) is 0 Å². The average molecular weight is 639 g/mol. The Morgan fingerprint density at radius 2 is 0.587 bits per heavy atom. The van der Waals surface area contributed by atoms with Crippen molar-refractivity contribution in [3.63, 3.8) is 0 Å². The van der Waals surface area contributed by atoms with Gasteiger partial charge in [0, 0.05) is 0 Å². The fourth-order valence-electron chi connectivity index (χ4n) is 7.30. The lowest BCUT2D eigenvalue weighted by atomic mass is 9.73. The van der Waals surface area contributed by atoms with Gasteiger partial charge < -0.3 is 0 Å². The van der Waals surface area contributed by atoms with E-state index in [1.165, 1.54) is 231 Å². The van der Waals surface area contributed by atoms with Gasteiger partial charge in [0.1, 0.15) is 0 Å². The van der Waals surface area contributed by atoms with E-state index in [9.17, 15) is 0 Å². The molecule has 0 bridgehead atoms. The molecule has 0 radical (unpaired) electrons. The van der Waals surface area contributed by atoms with E-state index in [0.29, 0.717) is 5.41 Å². The zero-order chi connectivity index (χ0) is 33.5. The van der Waals surface area contributed by atoms with Gasteiger partial charge >= 0.3 is 0 Å². The summed E-state index contributed by atoms with van der Waals surface area (Å²) >= 11 is 0. The molecule has 0 aromatic heterocycles. The quantitative estimate of drug-likeness (QED) is 0.0463. The molecule has 270 valence electrons. The second-order valence-electron chi connectivity index (χ2n) is 14.9. The predicted octanol–water partition coefficient (Wildman–Crippen LogP) is 17.2. The summed E-state index contributed by atoms with van der Waals surface area (Å²) < 4.78 is 0. The van der Waals surface area contributed by atoms with Crippen LogP contribution in [0.1, 0.15) is 238 Å². The van der Waals surface area contributed by atoms with Gasteiger partial charge in [-0.25, -0.2) is 0 Å². The monoisotopic (exact) mass is 639 g/mol. The normalized spacial score (nSPS) is 12.9. The highest BCUT2D eigenvalue weighted by atomic mass is 14.3. The van der Waals surface area contributed by atoms with Crippen molar-refractivity contribution in [2.75, 3.05) is 0 Å². The maximum absolute atomic E-state index is 3.89. The van der Waals surface area contributed by atoms with Crippen LogP contribution in [0.25, 0.3) is 0 Å². The van der Waals surface area contributed by atoms with E-state index in [0.717, 1.165) is 0 Å². The number of hydrogen-bond acceptors (Lipinski definition) is 0. The highest BCUT2D eigenvalue weighted by Gasteiger charge is 2.25. The lowest BCUT2D eigenvalue weighted by Gasteiger charge is -2.32. The van der Waals surface area contributed by atoms with E-state index in [-0.39, 0.29) is 0 Å². The summed E-state index contributed by atoms with van der Waals surface area (Å²) in [6.07, 6.45) is 61.9. The third-order valence-corrected chi connectivity index (χ3v) is 10.4. The molecule has 0 aromatic rings. The third-order valence-electron chi connectivity index (χ3n) is 10.4. The highest BCUT2D eigenvalue weighted by Crippen LogP contribution is 2.39. The second kappa shape index (κ2) is 38.4. The number of unbranched alkanes of at least 4 members (excludes halogenated alkanes) is 29. The molecule has 0 aromatic carbocycles. The van der Waals surface area contributed by atoms with Crippen LogP contribution in [0.4, 0.5) is 0 Å². The van der Waals surface area contributed by atoms with Crippen LogP contribution in [-0.2, 0) is 0 Å². The zero-order valence-corrected chi connectivity index (χ0v) is 32.0. The Bertz CT molecular complexity index is 640. The first-order chi connectivity index (χ1) is 22.7. The van der Waals surface area contributed by atoms with E-state index in [2.05, 4.69) is 57.0 Å². The van der Waals surface area contributed by atoms with Gasteiger partial charge in [-0.05, 0) is 76.0 Å². The number of hydrogen-bond donors (Lipinski definition) is 0. The van der Waals surface area contributed by atoms with Gasteiger partial charge in [-0.15, -0.1) is 19.7 Å². The molecular weight excluding hydrogens is 553 g/mol. The molecule has 1 unspecified atom stereocenters.